The number of rotatable bonds is 0. The molecule has 0 fully saturated rings. The molecule has 0 aromatic carbocycles. The first-order chi connectivity index (χ1) is 2.56. The average Bonchev–Trinajstić information content (AvgIpc) is 1.35. The van der Waals surface area contributed by atoms with Crippen molar-refractivity contribution in [3.8, 4) is 0 Å². The van der Waals surface area contributed by atoms with Crippen molar-refractivity contribution in [2.75, 3.05) is 14.8 Å². The molecule has 0 unspecified atom stereocenters. The third kappa shape index (κ3) is 4.56. The summed E-state index contributed by atoms with van der Waals surface area (Å²) in [7, 11) is 0. The van der Waals surface area contributed by atoms with E-state index in [0.717, 1.165) is 0 Å². The Morgan fingerprint density at radius 2 is 1.50 bits per heavy atom. The Kier molecular flexibility index (Phi) is 2.21. The second kappa shape index (κ2) is 2.02. The van der Waals surface area contributed by atoms with Crippen molar-refractivity contribution < 1.29 is 0 Å². The molecule has 6 heavy (non-hydrogen) atoms. The van der Waals surface area contributed by atoms with Crippen LogP contribution in [0.2, 0.25) is 0 Å². The summed E-state index contributed by atoms with van der Waals surface area (Å²) >= 11 is -1.33. The fourth-order valence-electron chi connectivity index (χ4n) is 0. The van der Waals surface area contributed by atoms with E-state index in [2.05, 4.69) is 14.8 Å². The van der Waals surface area contributed by atoms with E-state index in [-0.39, 0.29) is 0 Å². The molecular weight excluding hydrogens is 189 g/mol. The molecule has 0 aromatic heterocycles. The topological polar surface area (TPSA) is 26.0 Å². The van der Waals surface area contributed by atoms with Gasteiger partial charge in [-0.2, -0.15) is 0 Å². The van der Waals surface area contributed by atoms with Crippen molar-refractivity contribution in [2.24, 2.45) is 5.73 Å². The van der Waals surface area contributed by atoms with Gasteiger partial charge in [0.1, 0.15) is 0 Å². The summed E-state index contributed by atoms with van der Waals surface area (Å²) in [5.74, 6) is 0. The van der Waals surface area contributed by atoms with Gasteiger partial charge in [-0.1, -0.05) is 0 Å². The van der Waals surface area contributed by atoms with Gasteiger partial charge in [0.2, 0.25) is 0 Å². The van der Waals surface area contributed by atoms with E-state index in [0.29, 0.717) is 0 Å². The third-order valence-electron chi connectivity index (χ3n) is 0.378. The van der Waals surface area contributed by atoms with Crippen LogP contribution in [0.25, 0.3) is 0 Å². The van der Waals surface area contributed by atoms with Gasteiger partial charge >= 0.3 is 42.6 Å². The Hall–Kier alpha value is 0.560. The minimum absolute atomic E-state index is 1.33. The van der Waals surface area contributed by atoms with Crippen LogP contribution in [-0.4, -0.2) is 18.9 Å². The number of hydrogen-bond donors (Lipinski definition) is 1. The number of hydrogen-bond acceptors (Lipinski definition) is 1. The Balaban J connectivity index is 3.79. The molecule has 0 radical (unpaired) electrons. The van der Waals surface area contributed by atoms with Crippen molar-refractivity contribution in [3.05, 3.63) is 0 Å². The van der Waals surface area contributed by atoms with Gasteiger partial charge in [0, 0.05) is 0 Å². The Morgan fingerprint density at radius 1 is 1.33 bits per heavy atom. The van der Waals surface area contributed by atoms with Gasteiger partial charge in [-0.15, -0.1) is 0 Å². The summed E-state index contributed by atoms with van der Waals surface area (Å²) < 4.78 is 1.87. The molecule has 0 rings (SSSR count). The standard InChI is InChI=1S/C4H12IN/c1-5(2,3)4-6/h4H,6H2,1-3H3. The van der Waals surface area contributed by atoms with E-state index in [1.54, 1.807) is 0 Å². The number of halogens is 1. The van der Waals surface area contributed by atoms with E-state index in [1.807, 2.05) is 4.14 Å². The fourth-order valence-corrected chi connectivity index (χ4v) is 0. The second-order valence-electron chi connectivity index (χ2n) is 1.91. The van der Waals surface area contributed by atoms with E-state index in [1.165, 1.54) is 0 Å². The molecule has 0 spiro atoms. The zero-order valence-electron chi connectivity index (χ0n) is 4.53. The first kappa shape index (κ1) is 6.56. The maximum absolute atomic E-state index is 5.26. The van der Waals surface area contributed by atoms with Crippen LogP contribution in [0.5, 0.6) is 0 Å². The number of alkyl halides is 3. The SMILES string of the molecule is CI(C)(C)=CN. The molecule has 0 amide bonds. The zero-order valence-corrected chi connectivity index (χ0v) is 6.69. The average molecular weight is 201 g/mol. The van der Waals surface area contributed by atoms with Crippen LogP contribution in [0.3, 0.4) is 0 Å². The quantitative estimate of drug-likeness (QED) is 0.451. The monoisotopic (exact) mass is 201 g/mol. The van der Waals surface area contributed by atoms with Crippen molar-refractivity contribution in [1.82, 2.24) is 0 Å². The van der Waals surface area contributed by atoms with Crippen molar-refractivity contribution in [1.29, 1.82) is 0 Å². The van der Waals surface area contributed by atoms with Crippen LogP contribution < -0.4 is 5.73 Å². The van der Waals surface area contributed by atoms with Gasteiger partial charge in [-0.05, 0) is 0 Å². The normalized spacial score (nSPS) is 14.0. The molecule has 2 heteroatoms. The summed E-state index contributed by atoms with van der Waals surface area (Å²) in [6.45, 7) is 0. The Morgan fingerprint density at radius 3 is 1.50 bits per heavy atom. The summed E-state index contributed by atoms with van der Waals surface area (Å²) in [6, 6.07) is 0. The molecule has 0 aliphatic rings. The summed E-state index contributed by atoms with van der Waals surface area (Å²) in [5.41, 5.74) is 5.26. The number of nitrogens with two attached hydrogens (primary N) is 1. The molecule has 0 bridgehead atoms. The summed E-state index contributed by atoms with van der Waals surface area (Å²) in [5, 5.41) is 0. The molecule has 1 nitrogen and oxygen atoms in total. The van der Waals surface area contributed by atoms with Crippen LogP contribution in [0, 0.1) is 0 Å². The van der Waals surface area contributed by atoms with Gasteiger partial charge in [0.25, 0.3) is 0 Å². The minimum atomic E-state index is -1.33. The molecule has 0 aliphatic heterocycles. The predicted molar refractivity (Wildman–Crippen MR) is 42.0 cm³/mol. The maximum atomic E-state index is 5.26. The molecule has 0 atom stereocenters. The van der Waals surface area contributed by atoms with Crippen LogP contribution in [0.15, 0.2) is 0 Å². The molecule has 0 saturated carbocycles. The van der Waals surface area contributed by atoms with Crippen LogP contribution >= 0.6 is 18.0 Å². The first-order valence-electron chi connectivity index (χ1n) is 1.69. The van der Waals surface area contributed by atoms with E-state index < -0.39 is 18.0 Å². The molecule has 0 aromatic rings. The van der Waals surface area contributed by atoms with Gasteiger partial charge in [-0.3, -0.25) is 0 Å². The van der Waals surface area contributed by atoms with Crippen molar-refractivity contribution in [2.45, 2.75) is 0 Å². The van der Waals surface area contributed by atoms with Gasteiger partial charge < -0.3 is 0 Å². The molecule has 40 valence electrons. The molecule has 0 heterocycles. The van der Waals surface area contributed by atoms with Crippen LogP contribution in [0.1, 0.15) is 0 Å². The summed E-state index contributed by atoms with van der Waals surface area (Å²) in [4.78, 5) is 6.73. The Labute approximate surface area is 42.9 Å². The third-order valence-corrected chi connectivity index (χ3v) is 2.54. The van der Waals surface area contributed by atoms with Gasteiger partial charge in [0.05, 0.1) is 0 Å². The van der Waals surface area contributed by atoms with Crippen LogP contribution in [-0.2, 0) is 0 Å². The zero-order chi connectivity index (χ0) is 5.21. The molecule has 0 aliphatic carbocycles. The van der Waals surface area contributed by atoms with E-state index >= 15 is 0 Å². The molecule has 0 saturated heterocycles. The molecular formula is C4H12IN. The van der Waals surface area contributed by atoms with Crippen molar-refractivity contribution in [3.63, 3.8) is 0 Å². The first-order valence-corrected chi connectivity index (χ1v) is 9.40. The van der Waals surface area contributed by atoms with E-state index in [4.69, 9.17) is 5.73 Å². The van der Waals surface area contributed by atoms with Gasteiger partial charge in [0.15, 0.2) is 0 Å². The predicted octanol–water partition coefficient (Wildman–Crippen LogP) is 0.636. The van der Waals surface area contributed by atoms with Crippen LogP contribution in [0.4, 0.5) is 0 Å². The molecule has 2 N–H and O–H groups in total. The van der Waals surface area contributed by atoms with Crippen molar-refractivity contribution >= 4 is 22.1 Å². The summed E-state index contributed by atoms with van der Waals surface area (Å²) in [6.07, 6.45) is 0. The van der Waals surface area contributed by atoms with Gasteiger partial charge in [-0.25, -0.2) is 0 Å². The van der Waals surface area contributed by atoms with E-state index in [9.17, 15) is 0 Å². The fraction of sp³-hybridized carbons (Fsp3) is 0.750. The Bertz CT molecular complexity index is 71.3. The second-order valence-corrected chi connectivity index (χ2v) is 12.8.